The zero-order valence-corrected chi connectivity index (χ0v) is 7.62. The van der Waals surface area contributed by atoms with Crippen molar-refractivity contribution in [3.8, 4) is 0 Å². The number of hydrogen-bond acceptors (Lipinski definition) is 3. The van der Waals surface area contributed by atoms with E-state index in [0.29, 0.717) is 13.1 Å². The van der Waals surface area contributed by atoms with Gasteiger partial charge >= 0.3 is 5.97 Å². The molecule has 0 unspecified atom stereocenters. The van der Waals surface area contributed by atoms with Crippen LogP contribution < -0.4 is 5.73 Å². The third-order valence-corrected chi connectivity index (χ3v) is 1.63. The summed E-state index contributed by atoms with van der Waals surface area (Å²) in [6.07, 6.45) is 1.25. The Hall–Kier alpha value is -0.610. The van der Waals surface area contributed by atoms with E-state index in [1.807, 2.05) is 0 Å². The van der Waals surface area contributed by atoms with Gasteiger partial charge in [-0.1, -0.05) is 6.92 Å². The number of nitrogens with zero attached hydrogens (tertiary/aromatic N) is 1. The van der Waals surface area contributed by atoms with Crippen molar-refractivity contribution in [1.29, 1.82) is 0 Å². The van der Waals surface area contributed by atoms with Gasteiger partial charge in [-0.15, -0.1) is 0 Å². The highest BCUT2D eigenvalue weighted by molar-refractivity contribution is 5.66. The number of hydrogen-bond donors (Lipinski definition) is 2. The number of aliphatic carboxylic acids is 1. The summed E-state index contributed by atoms with van der Waals surface area (Å²) >= 11 is 0. The SMILES string of the molecule is CCCN(CCN)CCC(=O)O. The minimum Gasteiger partial charge on any atom is -0.481 e. The number of nitrogens with two attached hydrogens (primary N) is 1. The average Bonchev–Trinajstić information content (AvgIpc) is 2.01. The van der Waals surface area contributed by atoms with Crippen molar-refractivity contribution in [1.82, 2.24) is 4.90 Å². The second kappa shape index (κ2) is 7.06. The Morgan fingerprint density at radius 2 is 2.08 bits per heavy atom. The lowest BCUT2D eigenvalue weighted by molar-refractivity contribution is -0.137. The normalized spacial score (nSPS) is 10.6. The minimum absolute atomic E-state index is 0.208. The quantitative estimate of drug-likeness (QED) is 0.576. The van der Waals surface area contributed by atoms with Crippen molar-refractivity contribution in [2.75, 3.05) is 26.2 Å². The van der Waals surface area contributed by atoms with E-state index < -0.39 is 5.97 Å². The van der Waals surface area contributed by atoms with Crippen LogP contribution in [0, 0.1) is 0 Å². The van der Waals surface area contributed by atoms with Gasteiger partial charge in [-0.3, -0.25) is 4.79 Å². The van der Waals surface area contributed by atoms with Gasteiger partial charge in [-0.2, -0.15) is 0 Å². The molecule has 0 amide bonds. The van der Waals surface area contributed by atoms with Crippen molar-refractivity contribution in [2.24, 2.45) is 5.73 Å². The maximum atomic E-state index is 10.3. The van der Waals surface area contributed by atoms with Gasteiger partial charge in [-0.05, 0) is 13.0 Å². The highest BCUT2D eigenvalue weighted by atomic mass is 16.4. The van der Waals surface area contributed by atoms with Crippen molar-refractivity contribution in [3.05, 3.63) is 0 Å². The second-order valence-electron chi connectivity index (χ2n) is 2.77. The average molecular weight is 174 g/mol. The molecule has 0 fully saturated rings. The van der Waals surface area contributed by atoms with Crippen LogP contribution in [0.4, 0.5) is 0 Å². The summed E-state index contributed by atoms with van der Waals surface area (Å²) in [4.78, 5) is 12.3. The second-order valence-corrected chi connectivity index (χ2v) is 2.77. The number of carboxylic acid groups (broad SMARTS) is 1. The van der Waals surface area contributed by atoms with Crippen LogP contribution in [0.5, 0.6) is 0 Å². The standard InChI is InChI=1S/C8H18N2O2/c1-2-5-10(7-4-9)6-3-8(11)12/h2-7,9H2,1H3,(H,11,12). The third-order valence-electron chi connectivity index (χ3n) is 1.63. The highest BCUT2D eigenvalue weighted by Crippen LogP contribution is 1.92. The molecule has 0 rings (SSSR count). The Labute approximate surface area is 73.3 Å². The zero-order valence-electron chi connectivity index (χ0n) is 7.62. The van der Waals surface area contributed by atoms with Crippen LogP contribution in [0.3, 0.4) is 0 Å². The molecule has 4 nitrogen and oxygen atoms in total. The number of rotatable bonds is 7. The molecule has 0 aliphatic rings. The maximum Gasteiger partial charge on any atom is 0.304 e. The van der Waals surface area contributed by atoms with Gasteiger partial charge in [0.15, 0.2) is 0 Å². The molecular formula is C8H18N2O2. The highest BCUT2D eigenvalue weighted by Gasteiger charge is 2.04. The van der Waals surface area contributed by atoms with E-state index in [-0.39, 0.29) is 6.42 Å². The smallest absolute Gasteiger partial charge is 0.304 e. The van der Waals surface area contributed by atoms with Crippen LogP contribution >= 0.6 is 0 Å². The van der Waals surface area contributed by atoms with Gasteiger partial charge in [0.2, 0.25) is 0 Å². The Morgan fingerprint density at radius 1 is 1.42 bits per heavy atom. The Kier molecular flexibility index (Phi) is 6.70. The predicted octanol–water partition coefficient (Wildman–Crippen LogP) is 0.132. The first-order valence-corrected chi connectivity index (χ1v) is 4.35. The van der Waals surface area contributed by atoms with Crippen LogP contribution in [-0.2, 0) is 4.79 Å². The van der Waals surface area contributed by atoms with E-state index in [2.05, 4.69) is 11.8 Å². The van der Waals surface area contributed by atoms with Crippen LogP contribution in [0.2, 0.25) is 0 Å². The topological polar surface area (TPSA) is 66.6 Å². The first-order chi connectivity index (χ1) is 5.70. The van der Waals surface area contributed by atoms with E-state index in [1.165, 1.54) is 0 Å². The first-order valence-electron chi connectivity index (χ1n) is 4.35. The molecule has 0 spiro atoms. The van der Waals surface area contributed by atoms with Gasteiger partial charge in [0.05, 0.1) is 6.42 Å². The van der Waals surface area contributed by atoms with Crippen molar-refractivity contribution in [2.45, 2.75) is 19.8 Å². The molecule has 0 bridgehead atoms. The molecular weight excluding hydrogens is 156 g/mol. The Bertz CT molecular complexity index is 122. The largest absolute Gasteiger partial charge is 0.481 e. The molecule has 0 aromatic carbocycles. The molecule has 0 aliphatic heterocycles. The van der Waals surface area contributed by atoms with E-state index in [4.69, 9.17) is 10.8 Å². The van der Waals surface area contributed by atoms with E-state index in [9.17, 15) is 4.79 Å². The molecule has 0 radical (unpaired) electrons. The van der Waals surface area contributed by atoms with Crippen LogP contribution in [-0.4, -0.2) is 42.2 Å². The summed E-state index contributed by atoms with van der Waals surface area (Å²) in [7, 11) is 0. The van der Waals surface area contributed by atoms with Gasteiger partial charge in [0.25, 0.3) is 0 Å². The summed E-state index contributed by atoms with van der Waals surface area (Å²) in [5, 5.41) is 8.44. The molecule has 3 N–H and O–H groups in total. The fourth-order valence-corrected chi connectivity index (χ4v) is 1.09. The molecule has 0 aliphatic carbocycles. The lowest BCUT2D eigenvalue weighted by Gasteiger charge is -2.19. The molecule has 12 heavy (non-hydrogen) atoms. The summed E-state index contributed by atoms with van der Waals surface area (Å²) in [6, 6.07) is 0. The van der Waals surface area contributed by atoms with Gasteiger partial charge in [-0.25, -0.2) is 0 Å². The molecule has 0 saturated carbocycles. The lowest BCUT2D eigenvalue weighted by atomic mass is 10.3. The molecule has 0 aromatic heterocycles. The molecule has 72 valence electrons. The molecule has 0 saturated heterocycles. The summed E-state index contributed by atoms with van der Waals surface area (Å²) < 4.78 is 0. The number of carbonyl (C=O) groups is 1. The maximum absolute atomic E-state index is 10.3. The lowest BCUT2D eigenvalue weighted by Crippen LogP contribution is -2.32. The fourth-order valence-electron chi connectivity index (χ4n) is 1.09. The minimum atomic E-state index is -0.742. The molecule has 0 aromatic rings. The third kappa shape index (κ3) is 6.12. The summed E-state index contributed by atoms with van der Waals surface area (Å²) in [5.41, 5.74) is 5.38. The van der Waals surface area contributed by atoms with Crippen LogP contribution in [0.25, 0.3) is 0 Å². The van der Waals surface area contributed by atoms with Crippen molar-refractivity contribution in [3.63, 3.8) is 0 Å². The van der Waals surface area contributed by atoms with Gasteiger partial charge in [0, 0.05) is 19.6 Å². The molecule has 0 atom stereocenters. The Balaban J connectivity index is 3.54. The van der Waals surface area contributed by atoms with Crippen molar-refractivity contribution >= 4 is 5.97 Å². The van der Waals surface area contributed by atoms with Crippen LogP contribution in [0.15, 0.2) is 0 Å². The summed E-state index contributed by atoms with van der Waals surface area (Å²) in [5.74, 6) is -0.742. The fraction of sp³-hybridized carbons (Fsp3) is 0.875. The van der Waals surface area contributed by atoms with E-state index in [1.54, 1.807) is 0 Å². The summed E-state index contributed by atoms with van der Waals surface area (Å²) in [6.45, 7) is 5.01. The first kappa shape index (κ1) is 11.4. The molecule has 0 heterocycles. The predicted molar refractivity (Wildman–Crippen MR) is 48.0 cm³/mol. The monoisotopic (exact) mass is 174 g/mol. The Morgan fingerprint density at radius 3 is 2.50 bits per heavy atom. The van der Waals surface area contributed by atoms with Crippen molar-refractivity contribution < 1.29 is 9.90 Å². The van der Waals surface area contributed by atoms with Crippen LogP contribution in [0.1, 0.15) is 19.8 Å². The van der Waals surface area contributed by atoms with Gasteiger partial charge < -0.3 is 15.7 Å². The van der Waals surface area contributed by atoms with E-state index >= 15 is 0 Å². The number of carboxylic acids is 1. The molecule has 4 heteroatoms. The van der Waals surface area contributed by atoms with E-state index in [0.717, 1.165) is 19.5 Å². The van der Waals surface area contributed by atoms with Gasteiger partial charge in [0.1, 0.15) is 0 Å². The zero-order chi connectivity index (χ0) is 9.40.